The molecule has 0 fully saturated rings. The average molecular weight is 320 g/mol. The van der Waals surface area contributed by atoms with E-state index in [1.54, 1.807) is 25.3 Å². The van der Waals surface area contributed by atoms with Crippen molar-refractivity contribution in [2.45, 2.75) is 13.0 Å². The number of rotatable bonds is 5. The van der Waals surface area contributed by atoms with Gasteiger partial charge >= 0.3 is 0 Å². The number of methoxy groups -OCH3 is 1. The minimum absolute atomic E-state index is 0.119. The quantitative estimate of drug-likeness (QED) is 0.915. The van der Waals surface area contributed by atoms with E-state index in [2.05, 4.69) is 10.3 Å². The Morgan fingerprint density at radius 2 is 2.18 bits per heavy atom. The van der Waals surface area contributed by atoms with Gasteiger partial charge in [0.1, 0.15) is 18.2 Å². The third-order valence-electron chi connectivity index (χ3n) is 3.03. The van der Waals surface area contributed by atoms with Gasteiger partial charge in [0.05, 0.1) is 18.7 Å². The number of nitrogens with one attached hydrogen (secondary N) is 1. The summed E-state index contributed by atoms with van der Waals surface area (Å²) in [5, 5.41) is 5.58. The van der Waals surface area contributed by atoms with E-state index in [1.807, 2.05) is 5.38 Å². The minimum Gasteiger partial charge on any atom is -0.486 e. The van der Waals surface area contributed by atoms with E-state index in [0.29, 0.717) is 37.0 Å². The van der Waals surface area contributed by atoms with Crippen LogP contribution in [0.4, 0.5) is 5.69 Å². The van der Waals surface area contributed by atoms with E-state index < -0.39 is 0 Å². The Hall–Kier alpha value is -2.12. The molecule has 1 N–H and O–H groups in total. The molecule has 0 unspecified atom stereocenters. The number of aromatic nitrogens is 1. The Morgan fingerprint density at radius 3 is 3.00 bits per heavy atom. The summed E-state index contributed by atoms with van der Waals surface area (Å²) in [6, 6.07) is 5.36. The number of nitrogens with zero attached hydrogens (tertiary/aromatic N) is 1. The molecule has 22 heavy (non-hydrogen) atoms. The number of amides is 1. The average Bonchev–Trinajstić information content (AvgIpc) is 2.94. The molecule has 0 aliphatic carbocycles. The van der Waals surface area contributed by atoms with Gasteiger partial charge in [0, 0.05) is 24.2 Å². The van der Waals surface area contributed by atoms with E-state index in [9.17, 15) is 4.79 Å². The zero-order valence-corrected chi connectivity index (χ0v) is 12.9. The van der Waals surface area contributed by atoms with Gasteiger partial charge in [-0.15, -0.1) is 11.3 Å². The summed E-state index contributed by atoms with van der Waals surface area (Å²) in [4.78, 5) is 16.4. The van der Waals surface area contributed by atoms with Gasteiger partial charge in [-0.2, -0.15) is 0 Å². The first kappa shape index (κ1) is 14.8. The van der Waals surface area contributed by atoms with Crippen LogP contribution in [0.15, 0.2) is 23.6 Å². The molecule has 0 saturated carbocycles. The van der Waals surface area contributed by atoms with Crippen LogP contribution in [0.2, 0.25) is 0 Å². The van der Waals surface area contributed by atoms with Gasteiger partial charge in [-0.05, 0) is 12.1 Å². The van der Waals surface area contributed by atoms with Crippen molar-refractivity contribution < 1.29 is 19.0 Å². The molecule has 1 aromatic carbocycles. The summed E-state index contributed by atoms with van der Waals surface area (Å²) in [7, 11) is 1.62. The molecule has 1 amide bonds. The molecule has 2 aromatic rings. The first-order valence-corrected chi connectivity index (χ1v) is 7.74. The number of hydrogen-bond donors (Lipinski definition) is 1. The highest BCUT2D eigenvalue weighted by atomic mass is 32.1. The van der Waals surface area contributed by atoms with E-state index >= 15 is 0 Å². The second-order valence-electron chi connectivity index (χ2n) is 4.75. The maximum atomic E-state index is 12.1. The van der Waals surface area contributed by atoms with Gasteiger partial charge in [0.25, 0.3) is 0 Å². The highest BCUT2D eigenvalue weighted by molar-refractivity contribution is 7.09. The molecule has 1 aliphatic rings. The lowest BCUT2D eigenvalue weighted by Crippen LogP contribution is -2.17. The molecule has 0 atom stereocenters. The number of ether oxygens (including phenoxy) is 3. The normalized spacial score (nSPS) is 13.0. The number of carbonyl (C=O) groups excluding carboxylic acids is 1. The second kappa shape index (κ2) is 6.76. The van der Waals surface area contributed by atoms with Gasteiger partial charge in [-0.3, -0.25) is 4.79 Å². The van der Waals surface area contributed by atoms with Gasteiger partial charge in [-0.25, -0.2) is 4.98 Å². The third-order valence-corrected chi connectivity index (χ3v) is 3.91. The van der Waals surface area contributed by atoms with Crippen LogP contribution in [-0.2, 0) is 22.6 Å². The Balaban J connectivity index is 1.61. The zero-order valence-electron chi connectivity index (χ0n) is 12.1. The molecule has 0 spiro atoms. The molecule has 3 rings (SSSR count). The minimum atomic E-state index is -0.119. The van der Waals surface area contributed by atoms with Crippen molar-refractivity contribution >= 4 is 22.9 Å². The first-order chi connectivity index (χ1) is 10.7. The molecule has 2 heterocycles. The van der Waals surface area contributed by atoms with Crippen LogP contribution >= 0.6 is 11.3 Å². The standard InChI is InChI=1S/C15H16N2O4S/c1-19-8-15-17-11(9-22-15)7-14(18)16-10-2-3-12-13(6-10)21-5-4-20-12/h2-3,6,9H,4-5,7-8H2,1H3,(H,16,18). The predicted molar refractivity (Wildman–Crippen MR) is 82.6 cm³/mol. The maximum absolute atomic E-state index is 12.1. The molecule has 116 valence electrons. The molecule has 6 nitrogen and oxygen atoms in total. The highest BCUT2D eigenvalue weighted by Gasteiger charge is 2.13. The van der Waals surface area contributed by atoms with Crippen molar-refractivity contribution in [3.8, 4) is 11.5 Å². The topological polar surface area (TPSA) is 69.7 Å². The van der Waals surface area contributed by atoms with Crippen LogP contribution in [0.3, 0.4) is 0 Å². The van der Waals surface area contributed by atoms with E-state index in [4.69, 9.17) is 14.2 Å². The van der Waals surface area contributed by atoms with Crippen molar-refractivity contribution in [3.05, 3.63) is 34.3 Å². The summed E-state index contributed by atoms with van der Waals surface area (Å²) in [6.07, 6.45) is 0.231. The summed E-state index contributed by atoms with van der Waals surface area (Å²) < 4.78 is 16.0. The molecule has 0 radical (unpaired) electrons. The summed E-state index contributed by atoms with van der Waals surface area (Å²) in [5.74, 6) is 1.24. The Kier molecular flexibility index (Phi) is 4.55. The van der Waals surface area contributed by atoms with Gasteiger partial charge in [0.2, 0.25) is 5.91 Å². The van der Waals surface area contributed by atoms with E-state index in [1.165, 1.54) is 11.3 Å². The Labute approximate surface area is 132 Å². The third kappa shape index (κ3) is 3.55. The fourth-order valence-corrected chi connectivity index (χ4v) is 2.87. The fraction of sp³-hybridized carbons (Fsp3) is 0.333. The molecule has 1 aliphatic heterocycles. The molecule has 7 heteroatoms. The van der Waals surface area contributed by atoms with Gasteiger partial charge < -0.3 is 19.5 Å². The lowest BCUT2D eigenvalue weighted by molar-refractivity contribution is -0.115. The van der Waals surface area contributed by atoms with Crippen molar-refractivity contribution in [1.82, 2.24) is 4.98 Å². The summed E-state index contributed by atoms with van der Waals surface area (Å²) in [6.45, 7) is 1.53. The summed E-state index contributed by atoms with van der Waals surface area (Å²) >= 11 is 1.49. The smallest absolute Gasteiger partial charge is 0.230 e. The second-order valence-corrected chi connectivity index (χ2v) is 5.69. The maximum Gasteiger partial charge on any atom is 0.230 e. The molecule has 1 aromatic heterocycles. The number of thiazole rings is 1. The highest BCUT2D eigenvalue weighted by Crippen LogP contribution is 2.32. The zero-order chi connectivity index (χ0) is 15.4. The summed E-state index contributed by atoms with van der Waals surface area (Å²) in [5.41, 5.74) is 1.42. The van der Waals surface area contributed by atoms with Crippen molar-refractivity contribution in [3.63, 3.8) is 0 Å². The lowest BCUT2D eigenvalue weighted by atomic mass is 10.2. The number of hydrogen-bond acceptors (Lipinski definition) is 6. The molecule has 0 bridgehead atoms. The van der Waals surface area contributed by atoms with Gasteiger partial charge in [0.15, 0.2) is 11.5 Å². The van der Waals surface area contributed by atoms with Crippen molar-refractivity contribution in [2.75, 3.05) is 25.6 Å². The van der Waals surface area contributed by atoms with Crippen LogP contribution in [0, 0.1) is 0 Å². The van der Waals surface area contributed by atoms with Crippen molar-refractivity contribution in [1.29, 1.82) is 0 Å². The van der Waals surface area contributed by atoms with Crippen LogP contribution < -0.4 is 14.8 Å². The van der Waals surface area contributed by atoms with E-state index in [-0.39, 0.29) is 12.3 Å². The number of anilines is 1. The largest absolute Gasteiger partial charge is 0.486 e. The number of benzene rings is 1. The Morgan fingerprint density at radius 1 is 1.36 bits per heavy atom. The fourth-order valence-electron chi connectivity index (χ4n) is 2.11. The number of carbonyl (C=O) groups is 1. The predicted octanol–water partition coefficient (Wildman–Crippen LogP) is 2.24. The number of fused-ring (bicyclic) bond motifs is 1. The van der Waals surface area contributed by atoms with E-state index in [0.717, 1.165) is 10.7 Å². The first-order valence-electron chi connectivity index (χ1n) is 6.86. The Bertz CT molecular complexity index is 671. The molecular weight excluding hydrogens is 304 g/mol. The van der Waals surface area contributed by atoms with Crippen LogP contribution in [-0.4, -0.2) is 31.2 Å². The van der Waals surface area contributed by atoms with Gasteiger partial charge in [-0.1, -0.05) is 0 Å². The monoisotopic (exact) mass is 320 g/mol. The lowest BCUT2D eigenvalue weighted by Gasteiger charge is -2.18. The van der Waals surface area contributed by atoms with Crippen molar-refractivity contribution in [2.24, 2.45) is 0 Å². The SMILES string of the molecule is COCc1nc(CC(=O)Nc2ccc3c(c2)OCCO3)cs1. The molecular formula is C15H16N2O4S. The van der Waals surface area contributed by atoms with Crippen LogP contribution in [0.1, 0.15) is 10.7 Å². The van der Waals surface area contributed by atoms with Crippen LogP contribution in [0.25, 0.3) is 0 Å². The van der Waals surface area contributed by atoms with Crippen LogP contribution in [0.5, 0.6) is 11.5 Å². The molecule has 0 saturated heterocycles.